The van der Waals surface area contributed by atoms with E-state index in [2.05, 4.69) is 31.0 Å². The van der Waals surface area contributed by atoms with Gasteiger partial charge in [0.2, 0.25) is 11.8 Å². The Hall–Kier alpha value is -1.10. The van der Waals surface area contributed by atoms with Crippen molar-refractivity contribution in [3.8, 4) is 0 Å². The predicted molar refractivity (Wildman–Crippen MR) is 101 cm³/mol. The van der Waals surface area contributed by atoms with Gasteiger partial charge < -0.3 is 10.2 Å². The van der Waals surface area contributed by atoms with E-state index >= 15 is 0 Å². The van der Waals surface area contributed by atoms with Crippen LogP contribution in [0.25, 0.3) is 0 Å². The molecule has 2 fully saturated rings. The Morgan fingerprint density at radius 1 is 1.08 bits per heavy atom. The fourth-order valence-corrected chi connectivity index (χ4v) is 3.82. The van der Waals surface area contributed by atoms with Gasteiger partial charge in [-0.05, 0) is 46.0 Å². The third-order valence-corrected chi connectivity index (χ3v) is 6.13. The molecule has 1 saturated heterocycles. The van der Waals surface area contributed by atoms with E-state index in [1.165, 1.54) is 32.1 Å². The maximum atomic E-state index is 12.5. The summed E-state index contributed by atoms with van der Waals surface area (Å²) in [5, 5.41) is 3.13. The number of carbonyl (C=O) groups excluding carboxylic acids is 2. The molecule has 2 rings (SSSR count). The molecule has 5 heteroatoms. The molecular formula is C20H37N3O2. The van der Waals surface area contributed by atoms with Gasteiger partial charge in [0.15, 0.2) is 0 Å². The predicted octanol–water partition coefficient (Wildman–Crippen LogP) is 2.79. The lowest BCUT2D eigenvalue weighted by Crippen LogP contribution is -2.57. The number of nitrogens with one attached hydrogen (secondary N) is 1. The summed E-state index contributed by atoms with van der Waals surface area (Å²) in [6, 6.07) is -0.138. The van der Waals surface area contributed by atoms with Gasteiger partial charge in [-0.15, -0.1) is 0 Å². The molecule has 1 heterocycles. The number of amides is 2. The van der Waals surface area contributed by atoms with Crippen LogP contribution in [0.2, 0.25) is 0 Å². The first-order valence-corrected chi connectivity index (χ1v) is 10.2. The van der Waals surface area contributed by atoms with E-state index in [9.17, 15) is 9.59 Å². The zero-order valence-corrected chi connectivity index (χ0v) is 16.6. The Bertz CT molecular complexity index is 450. The van der Waals surface area contributed by atoms with Crippen molar-refractivity contribution in [3.63, 3.8) is 0 Å². The fraction of sp³-hybridized carbons (Fsp3) is 0.900. The molecule has 1 unspecified atom stereocenters. The van der Waals surface area contributed by atoms with Crippen molar-refractivity contribution in [2.75, 3.05) is 26.2 Å². The topological polar surface area (TPSA) is 52.7 Å². The van der Waals surface area contributed by atoms with Gasteiger partial charge in [-0.3, -0.25) is 14.5 Å². The monoisotopic (exact) mass is 351 g/mol. The van der Waals surface area contributed by atoms with Crippen LogP contribution in [0.5, 0.6) is 0 Å². The van der Waals surface area contributed by atoms with Gasteiger partial charge in [0.25, 0.3) is 0 Å². The van der Waals surface area contributed by atoms with Gasteiger partial charge in [-0.2, -0.15) is 0 Å². The number of rotatable bonds is 6. The number of carbonyl (C=O) groups is 2. The molecule has 1 atom stereocenters. The summed E-state index contributed by atoms with van der Waals surface area (Å²) in [6.07, 6.45) is 7.97. The lowest BCUT2D eigenvalue weighted by Gasteiger charge is -2.39. The highest BCUT2D eigenvalue weighted by Gasteiger charge is 2.30. The molecule has 0 spiro atoms. The van der Waals surface area contributed by atoms with E-state index in [-0.39, 0.29) is 17.5 Å². The number of piperazine rings is 1. The van der Waals surface area contributed by atoms with Crippen molar-refractivity contribution in [2.24, 2.45) is 5.92 Å². The summed E-state index contributed by atoms with van der Waals surface area (Å²) in [5.74, 6) is 1.00. The molecule has 144 valence electrons. The second-order valence-electron chi connectivity index (χ2n) is 8.53. The average Bonchev–Trinajstić information content (AvgIpc) is 2.61. The maximum absolute atomic E-state index is 12.5. The highest BCUT2D eigenvalue weighted by atomic mass is 16.2. The normalized spacial score (nSPS) is 21.8. The standard InChI is InChI=1S/C20H37N3O2/c1-5-20(3,4)21-19(25)16(2)22-11-13-23(14-12-22)18(24)15-17-9-7-6-8-10-17/h16-17H,5-15H2,1-4H3,(H,21,25). The van der Waals surface area contributed by atoms with Crippen molar-refractivity contribution >= 4 is 11.8 Å². The molecule has 0 aromatic heterocycles. The Morgan fingerprint density at radius 3 is 2.24 bits per heavy atom. The Kier molecular flexibility index (Phi) is 7.29. The summed E-state index contributed by atoms with van der Waals surface area (Å²) in [7, 11) is 0. The second kappa shape index (κ2) is 9.02. The third kappa shape index (κ3) is 5.98. The lowest BCUT2D eigenvalue weighted by molar-refractivity contribution is -0.135. The Labute approximate surface area is 153 Å². The number of hydrogen-bond donors (Lipinski definition) is 1. The zero-order valence-electron chi connectivity index (χ0n) is 16.6. The molecule has 2 amide bonds. The molecule has 0 aromatic carbocycles. The minimum atomic E-state index is -0.164. The van der Waals surface area contributed by atoms with Crippen LogP contribution in [-0.2, 0) is 9.59 Å². The highest BCUT2D eigenvalue weighted by molar-refractivity contribution is 5.82. The van der Waals surface area contributed by atoms with Crippen LogP contribution >= 0.6 is 0 Å². The fourth-order valence-electron chi connectivity index (χ4n) is 3.82. The third-order valence-electron chi connectivity index (χ3n) is 6.13. The first kappa shape index (κ1) is 20.2. The van der Waals surface area contributed by atoms with E-state index < -0.39 is 0 Å². The molecular weight excluding hydrogens is 314 g/mol. The van der Waals surface area contributed by atoms with E-state index in [4.69, 9.17) is 0 Å². The lowest BCUT2D eigenvalue weighted by atomic mass is 9.86. The van der Waals surface area contributed by atoms with Gasteiger partial charge in [0.05, 0.1) is 6.04 Å². The van der Waals surface area contributed by atoms with Crippen LogP contribution in [0, 0.1) is 5.92 Å². The molecule has 1 aliphatic carbocycles. The van der Waals surface area contributed by atoms with E-state index in [1.54, 1.807) is 0 Å². The molecule has 0 radical (unpaired) electrons. The average molecular weight is 352 g/mol. The molecule has 2 aliphatic rings. The summed E-state index contributed by atoms with van der Waals surface area (Å²) >= 11 is 0. The van der Waals surface area contributed by atoms with Gasteiger partial charge in [0.1, 0.15) is 0 Å². The van der Waals surface area contributed by atoms with Crippen molar-refractivity contribution < 1.29 is 9.59 Å². The summed E-state index contributed by atoms with van der Waals surface area (Å²) in [6.45, 7) is 11.2. The van der Waals surface area contributed by atoms with Crippen LogP contribution in [0.3, 0.4) is 0 Å². The van der Waals surface area contributed by atoms with Crippen molar-refractivity contribution in [3.05, 3.63) is 0 Å². The highest BCUT2D eigenvalue weighted by Crippen LogP contribution is 2.27. The summed E-state index contributed by atoms with van der Waals surface area (Å²) in [5.41, 5.74) is -0.164. The van der Waals surface area contributed by atoms with Crippen LogP contribution < -0.4 is 5.32 Å². The maximum Gasteiger partial charge on any atom is 0.237 e. The van der Waals surface area contributed by atoms with E-state index in [0.29, 0.717) is 11.8 Å². The summed E-state index contributed by atoms with van der Waals surface area (Å²) < 4.78 is 0. The zero-order chi connectivity index (χ0) is 18.4. The molecule has 25 heavy (non-hydrogen) atoms. The minimum absolute atomic E-state index is 0.0915. The molecule has 0 aromatic rings. The SMILES string of the molecule is CCC(C)(C)NC(=O)C(C)N1CCN(C(=O)CC2CCCCC2)CC1. The Morgan fingerprint density at radius 2 is 1.68 bits per heavy atom. The van der Waals surface area contributed by atoms with Gasteiger partial charge in [0, 0.05) is 38.1 Å². The minimum Gasteiger partial charge on any atom is -0.350 e. The van der Waals surface area contributed by atoms with Gasteiger partial charge in [-0.1, -0.05) is 26.2 Å². The largest absolute Gasteiger partial charge is 0.350 e. The molecule has 5 nitrogen and oxygen atoms in total. The van der Waals surface area contributed by atoms with Gasteiger partial charge in [-0.25, -0.2) is 0 Å². The smallest absolute Gasteiger partial charge is 0.237 e. The molecule has 0 bridgehead atoms. The first-order chi connectivity index (χ1) is 11.8. The first-order valence-electron chi connectivity index (χ1n) is 10.2. The molecule has 1 N–H and O–H groups in total. The number of hydrogen-bond acceptors (Lipinski definition) is 3. The number of nitrogens with zero attached hydrogens (tertiary/aromatic N) is 2. The Balaban J connectivity index is 1.76. The summed E-state index contributed by atoms with van der Waals surface area (Å²) in [4.78, 5) is 29.2. The molecule has 1 aliphatic heterocycles. The van der Waals surface area contributed by atoms with Crippen LogP contribution in [0.15, 0.2) is 0 Å². The molecule has 1 saturated carbocycles. The van der Waals surface area contributed by atoms with Crippen LogP contribution in [0.1, 0.15) is 72.6 Å². The van der Waals surface area contributed by atoms with Crippen LogP contribution in [-0.4, -0.2) is 59.4 Å². The van der Waals surface area contributed by atoms with E-state index in [1.807, 2.05) is 11.8 Å². The second-order valence-corrected chi connectivity index (χ2v) is 8.53. The van der Waals surface area contributed by atoms with Crippen molar-refractivity contribution in [1.82, 2.24) is 15.1 Å². The van der Waals surface area contributed by atoms with E-state index in [0.717, 1.165) is 39.0 Å². The van der Waals surface area contributed by atoms with Gasteiger partial charge >= 0.3 is 0 Å². The van der Waals surface area contributed by atoms with Crippen LogP contribution in [0.4, 0.5) is 0 Å². The van der Waals surface area contributed by atoms with Crippen molar-refractivity contribution in [2.45, 2.75) is 84.2 Å². The quantitative estimate of drug-likeness (QED) is 0.800. The van der Waals surface area contributed by atoms with Crippen molar-refractivity contribution in [1.29, 1.82) is 0 Å².